The quantitative estimate of drug-likeness (QED) is 0.855. The third-order valence-corrected chi connectivity index (χ3v) is 4.91. The minimum atomic E-state index is 0.0501. The first kappa shape index (κ1) is 18.8. The second-order valence-corrected chi connectivity index (χ2v) is 7.10. The van der Waals surface area contributed by atoms with Crippen LogP contribution in [0.2, 0.25) is 0 Å². The van der Waals surface area contributed by atoms with E-state index in [1.165, 1.54) is 17.5 Å². The number of hydrogen-bond donors (Lipinski definition) is 1. The number of para-hydroxylation sites is 1. The summed E-state index contributed by atoms with van der Waals surface area (Å²) in [5.74, 6) is 0.740. The van der Waals surface area contributed by atoms with Crippen LogP contribution in [0.25, 0.3) is 0 Å². The smallest absolute Gasteiger partial charge is 0.321 e. The van der Waals surface area contributed by atoms with Crippen molar-refractivity contribution in [1.29, 1.82) is 0 Å². The zero-order valence-corrected chi connectivity index (χ0v) is 15.8. The van der Waals surface area contributed by atoms with E-state index in [1.54, 1.807) is 0 Å². The highest BCUT2D eigenvalue weighted by Gasteiger charge is 2.22. The molecule has 4 nitrogen and oxygen atoms in total. The normalized spacial score (nSPS) is 15.8. The maximum absolute atomic E-state index is 12.7. The third kappa shape index (κ3) is 4.97. The minimum absolute atomic E-state index is 0.0501. The molecule has 1 aliphatic rings. The number of amides is 2. The number of piperazine rings is 1. The zero-order valence-electron chi connectivity index (χ0n) is 15.8. The minimum Gasteiger partial charge on any atom is -0.322 e. The Labute approximate surface area is 147 Å². The summed E-state index contributed by atoms with van der Waals surface area (Å²) in [7, 11) is 0. The molecule has 1 N–H and O–H groups in total. The van der Waals surface area contributed by atoms with Crippen molar-refractivity contribution in [3.63, 3.8) is 0 Å². The summed E-state index contributed by atoms with van der Waals surface area (Å²) < 4.78 is 0. The average Bonchev–Trinajstić information content (AvgIpc) is 2.60. The zero-order chi connectivity index (χ0) is 17.5. The lowest BCUT2D eigenvalue weighted by atomic mass is 10.0. The molecule has 0 atom stereocenters. The Balaban J connectivity index is 1.92. The molecule has 24 heavy (non-hydrogen) atoms. The van der Waals surface area contributed by atoms with Gasteiger partial charge in [-0.25, -0.2) is 4.79 Å². The summed E-state index contributed by atoms with van der Waals surface area (Å²) in [6.07, 6.45) is 3.11. The fraction of sp³-hybridized carbons (Fsp3) is 0.650. The fourth-order valence-electron chi connectivity index (χ4n) is 3.20. The van der Waals surface area contributed by atoms with Gasteiger partial charge in [0.2, 0.25) is 0 Å². The van der Waals surface area contributed by atoms with Gasteiger partial charge in [0, 0.05) is 31.9 Å². The molecule has 0 radical (unpaired) electrons. The highest BCUT2D eigenvalue weighted by atomic mass is 16.2. The molecule has 0 saturated carbocycles. The van der Waals surface area contributed by atoms with E-state index in [4.69, 9.17) is 0 Å². The second-order valence-electron chi connectivity index (χ2n) is 7.10. The first-order chi connectivity index (χ1) is 11.5. The second kappa shape index (κ2) is 9.07. The van der Waals surface area contributed by atoms with Crippen LogP contribution in [-0.4, -0.2) is 48.6 Å². The van der Waals surface area contributed by atoms with Crippen molar-refractivity contribution in [1.82, 2.24) is 9.80 Å². The van der Waals surface area contributed by atoms with E-state index >= 15 is 0 Å². The van der Waals surface area contributed by atoms with Crippen LogP contribution in [0.1, 0.15) is 45.2 Å². The highest BCUT2D eigenvalue weighted by Crippen LogP contribution is 2.23. The molecule has 1 fully saturated rings. The van der Waals surface area contributed by atoms with Crippen LogP contribution in [-0.2, 0) is 12.8 Å². The lowest BCUT2D eigenvalue weighted by molar-refractivity contribution is 0.143. The van der Waals surface area contributed by atoms with Crippen LogP contribution in [0.15, 0.2) is 18.2 Å². The molecule has 1 heterocycles. The molecule has 134 valence electrons. The van der Waals surface area contributed by atoms with Crippen molar-refractivity contribution in [2.45, 2.75) is 47.0 Å². The van der Waals surface area contributed by atoms with Crippen LogP contribution in [0.5, 0.6) is 0 Å². The lowest BCUT2D eigenvalue weighted by Gasteiger charge is -2.35. The van der Waals surface area contributed by atoms with Gasteiger partial charge in [-0.1, -0.05) is 45.9 Å². The van der Waals surface area contributed by atoms with Gasteiger partial charge in [-0.2, -0.15) is 0 Å². The SMILES string of the molecule is CCc1cccc(CC)c1NC(=O)N1CCN(CCC(C)C)CC1. The number of hydrogen-bond acceptors (Lipinski definition) is 2. The molecule has 0 aromatic heterocycles. The number of rotatable bonds is 6. The predicted molar refractivity (Wildman–Crippen MR) is 102 cm³/mol. The van der Waals surface area contributed by atoms with E-state index in [9.17, 15) is 4.79 Å². The van der Waals surface area contributed by atoms with Crippen molar-refractivity contribution in [2.24, 2.45) is 5.92 Å². The van der Waals surface area contributed by atoms with Crippen LogP contribution < -0.4 is 5.32 Å². The number of carbonyl (C=O) groups excluding carboxylic acids is 1. The van der Waals surface area contributed by atoms with E-state index < -0.39 is 0 Å². The summed E-state index contributed by atoms with van der Waals surface area (Å²) in [6.45, 7) is 13.5. The number of urea groups is 1. The van der Waals surface area contributed by atoms with Crippen LogP contribution in [0.3, 0.4) is 0 Å². The van der Waals surface area contributed by atoms with Gasteiger partial charge in [0.15, 0.2) is 0 Å². The van der Waals surface area contributed by atoms with Gasteiger partial charge in [-0.05, 0) is 42.9 Å². The first-order valence-corrected chi connectivity index (χ1v) is 9.44. The Hall–Kier alpha value is -1.55. The molecule has 0 unspecified atom stereocenters. The molecule has 0 bridgehead atoms. The summed E-state index contributed by atoms with van der Waals surface area (Å²) in [5.41, 5.74) is 3.46. The molecule has 2 rings (SSSR count). The standard InChI is InChI=1S/C20H33N3O/c1-5-17-8-7-9-18(6-2)19(17)21-20(24)23-14-12-22(13-15-23)11-10-16(3)4/h7-9,16H,5-6,10-15H2,1-4H3,(H,21,24). The maximum Gasteiger partial charge on any atom is 0.321 e. The number of nitrogens with zero attached hydrogens (tertiary/aromatic N) is 2. The van der Waals surface area contributed by atoms with E-state index in [0.29, 0.717) is 0 Å². The highest BCUT2D eigenvalue weighted by molar-refractivity contribution is 5.91. The Morgan fingerprint density at radius 3 is 2.17 bits per heavy atom. The van der Waals surface area contributed by atoms with Crippen LogP contribution in [0.4, 0.5) is 10.5 Å². The van der Waals surface area contributed by atoms with Gasteiger partial charge < -0.3 is 10.2 Å². The van der Waals surface area contributed by atoms with Crippen LogP contribution >= 0.6 is 0 Å². The predicted octanol–water partition coefficient (Wildman–Crippen LogP) is 4.01. The Kier molecular flexibility index (Phi) is 7.10. The maximum atomic E-state index is 12.7. The number of aryl methyl sites for hydroxylation is 2. The molecule has 1 aliphatic heterocycles. The van der Waals surface area contributed by atoms with Gasteiger partial charge in [0.05, 0.1) is 0 Å². The summed E-state index contributed by atoms with van der Waals surface area (Å²) in [4.78, 5) is 17.1. The Morgan fingerprint density at radius 1 is 1.08 bits per heavy atom. The molecule has 2 amide bonds. The number of benzene rings is 1. The van der Waals surface area contributed by atoms with Crippen molar-refractivity contribution >= 4 is 11.7 Å². The van der Waals surface area contributed by atoms with Gasteiger partial charge in [0.25, 0.3) is 0 Å². The number of carbonyl (C=O) groups is 1. The largest absolute Gasteiger partial charge is 0.322 e. The Morgan fingerprint density at radius 2 is 1.67 bits per heavy atom. The number of anilines is 1. The van der Waals surface area contributed by atoms with Gasteiger partial charge in [-0.15, -0.1) is 0 Å². The van der Waals surface area contributed by atoms with Gasteiger partial charge in [0.1, 0.15) is 0 Å². The fourth-order valence-corrected chi connectivity index (χ4v) is 3.20. The molecule has 1 aromatic rings. The van der Waals surface area contributed by atoms with Crippen LogP contribution in [0, 0.1) is 5.92 Å². The van der Waals surface area contributed by atoms with Crippen molar-refractivity contribution in [3.8, 4) is 0 Å². The lowest BCUT2D eigenvalue weighted by Crippen LogP contribution is -2.50. The van der Waals surface area contributed by atoms with Gasteiger partial charge >= 0.3 is 6.03 Å². The summed E-state index contributed by atoms with van der Waals surface area (Å²) in [5, 5.41) is 3.18. The molecule has 1 saturated heterocycles. The van der Waals surface area contributed by atoms with Crippen molar-refractivity contribution in [3.05, 3.63) is 29.3 Å². The molecular weight excluding hydrogens is 298 g/mol. The van der Waals surface area contributed by atoms with Gasteiger partial charge in [-0.3, -0.25) is 4.90 Å². The Bertz CT molecular complexity index is 511. The van der Waals surface area contributed by atoms with E-state index in [2.05, 4.69) is 56.1 Å². The monoisotopic (exact) mass is 331 g/mol. The molecule has 1 aromatic carbocycles. The average molecular weight is 332 g/mol. The van der Waals surface area contributed by atoms with Crippen molar-refractivity contribution < 1.29 is 4.79 Å². The molecule has 0 spiro atoms. The summed E-state index contributed by atoms with van der Waals surface area (Å²) in [6, 6.07) is 6.35. The molecule has 4 heteroatoms. The summed E-state index contributed by atoms with van der Waals surface area (Å²) >= 11 is 0. The van der Waals surface area contributed by atoms with E-state index in [0.717, 1.165) is 57.2 Å². The number of nitrogens with one attached hydrogen (secondary N) is 1. The van der Waals surface area contributed by atoms with Crippen molar-refractivity contribution in [2.75, 3.05) is 38.0 Å². The van der Waals surface area contributed by atoms with E-state index in [-0.39, 0.29) is 6.03 Å². The first-order valence-electron chi connectivity index (χ1n) is 9.44. The topological polar surface area (TPSA) is 35.6 Å². The molecule has 0 aliphatic carbocycles. The van der Waals surface area contributed by atoms with E-state index in [1.807, 2.05) is 4.90 Å². The molecular formula is C20H33N3O. The third-order valence-electron chi connectivity index (χ3n) is 4.91.